The fourth-order valence-corrected chi connectivity index (χ4v) is 3.24. The van der Waals surface area contributed by atoms with Gasteiger partial charge in [0.1, 0.15) is 11.6 Å². The molecule has 0 aliphatic rings. The molecule has 2 aromatic carbocycles. The number of hydrogen-bond donors (Lipinski definition) is 0. The van der Waals surface area contributed by atoms with Crippen LogP contribution in [0.5, 0.6) is 0 Å². The van der Waals surface area contributed by atoms with Crippen LogP contribution in [0.4, 0.5) is 4.39 Å². The third-order valence-corrected chi connectivity index (χ3v) is 4.94. The average molecular weight is 374 g/mol. The zero-order valence-corrected chi connectivity index (χ0v) is 13.6. The molecule has 0 saturated carbocycles. The summed E-state index contributed by atoms with van der Waals surface area (Å²) in [7, 11) is 0. The van der Waals surface area contributed by atoms with E-state index in [9.17, 15) is 9.18 Å². The van der Waals surface area contributed by atoms with Crippen molar-refractivity contribution < 1.29 is 9.18 Å². The molecule has 2 rings (SSSR count). The highest BCUT2D eigenvalue weighted by Gasteiger charge is 2.09. The lowest BCUT2D eigenvalue weighted by Crippen LogP contribution is -2.06. The van der Waals surface area contributed by atoms with Crippen LogP contribution in [0.25, 0.3) is 0 Å². The van der Waals surface area contributed by atoms with Gasteiger partial charge in [-0.2, -0.15) is 0 Å². The largest absolute Gasteiger partial charge is 0.298 e. The molecule has 0 aliphatic heterocycles. The SMILES string of the molecule is O=C(CSc1ccccc1Cl)Cc1ccc(F)cc1Br. The number of rotatable bonds is 5. The van der Waals surface area contributed by atoms with Gasteiger partial charge in [-0.25, -0.2) is 4.39 Å². The molecule has 0 radical (unpaired) electrons. The smallest absolute Gasteiger partial charge is 0.147 e. The van der Waals surface area contributed by atoms with Crippen LogP contribution in [-0.4, -0.2) is 11.5 Å². The minimum Gasteiger partial charge on any atom is -0.298 e. The maximum atomic E-state index is 13.0. The van der Waals surface area contributed by atoms with Crippen LogP contribution in [0.1, 0.15) is 5.56 Å². The van der Waals surface area contributed by atoms with Crippen LogP contribution in [0, 0.1) is 5.82 Å². The summed E-state index contributed by atoms with van der Waals surface area (Å²) >= 11 is 10.7. The second-order valence-electron chi connectivity index (χ2n) is 4.17. The molecule has 20 heavy (non-hydrogen) atoms. The number of benzene rings is 2. The molecule has 0 unspecified atom stereocenters. The highest BCUT2D eigenvalue weighted by Crippen LogP contribution is 2.27. The van der Waals surface area contributed by atoms with Crippen molar-refractivity contribution in [2.24, 2.45) is 0 Å². The van der Waals surface area contributed by atoms with E-state index in [1.807, 2.05) is 18.2 Å². The van der Waals surface area contributed by atoms with E-state index in [0.29, 0.717) is 15.2 Å². The van der Waals surface area contributed by atoms with Gasteiger partial charge in [-0.1, -0.05) is 45.7 Å². The average Bonchev–Trinajstić information content (AvgIpc) is 2.41. The van der Waals surface area contributed by atoms with E-state index in [1.165, 1.54) is 23.9 Å². The fraction of sp³-hybridized carbons (Fsp3) is 0.133. The summed E-state index contributed by atoms with van der Waals surface area (Å²) in [4.78, 5) is 12.8. The van der Waals surface area contributed by atoms with Gasteiger partial charge in [0, 0.05) is 15.8 Å². The van der Waals surface area contributed by atoms with Crippen LogP contribution >= 0.6 is 39.3 Å². The van der Waals surface area contributed by atoms with Crippen molar-refractivity contribution in [1.29, 1.82) is 0 Å². The van der Waals surface area contributed by atoms with Gasteiger partial charge in [0.05, 0.1) is 10.8 Å². The van der Waals surface area contributed by atoms with E-state index >= 15 is 0 Å². The lowest BCUT2D eigenvalue weighted by atomic mass is 10.1. The molecule has 2 aromatic rings. The quantitative estimate of drug-likeness (QED) is 0.675. The summed E-state index contributed by atoms with van der Waals surface area (Å²) in [6.07, 6.45) is 0.276. The molecule has 0 heterocycles. The first kappa shape index (κ1) is 15.5. The Hall–Kier alpha value is -0.840. The summed E-state index contributed by atoms with van der Waals surface area (Å²) in [5.41, 5.74) is 0.788. The fourth-order valence-electron chi connectivity index (χ4n) is 1.65. The van der Waals surface area contributed by atoms with Gasteiger partial charge in [-0.3, -0.25) is 4.79 Å². The zero-order chi connectivity index (χ0) is 14.5. The molecule has 0 atom stereocenters. The Morgan fingerprint density at radius 2 is 2.00 bits per heavy atom. The molecular formula is C15H11BrClFOS. The predicted octanol–water partition coefficient (Wildman–Crippen LogP) is 5.15. The van der Waals surface area contributed by atoms with Gasteiger partial charge in [-0.05, 0) is 29.8 Å². The second-order valence-corrected chi connectivity index (χ2v) is 6.45. The number of carbonyl (C=O) groups excluding carboxylic acids is 1. The van der Waals surface area contributed by atoms with Crippen LogP contribution in [0.3, 0.4) is 0 Å². The minimum absolute atomic E-state index is 0.0715. The summed E-state index contributed by atoms with van der Waals surface area (Å²) in [5.74, 6) is 0.0915. The zero-order valence-electron chi connectivity index (χ0n) is 10.4. The van der Waals surface area contributed by atoms with Gasteiger partial charge in [-0.15, -0.1) is 11.8 Å². The summed E-state index contributed by atoms with van der Waals surface area (Å²) in [6.45, 7) is 0. The van der Waals surface area contributed by atoms with E-state index in [0.717, 1.165) is 10.5 Å². The first-order chi connectivity index (χ1) is 9.56. The molecule has 0 aliphatic carbocycles. The Bertz CT molecular complexity index is 633. The highest BCUT2D eigenvalue weighted by molar-refractivity contribution is 9.10. The lowest BCUT2D eigenvalue weighted by molar-refractivity contribution is -0.116. The van der Waals surface area contributed by atoms with Crippen molar-refractivity contribution in [3.05, 3.63) is 63.3 Å². The van der Waals surface area contributed by atoms with Crippen molar-refractivity contribution in [3.63, 3.8) is 0 Å². The van der Waals surface area contributed by atoms with Gasteiger partial charge < -0.3 is 0 Å². The summed E-state index contributed by atoms with van der Waals surface area (Å²) in [6, 6.07) is 11.8. The van der Waals surface area contributed by atoms with E-state index in [-0.39, 0.29) is 18.0 Å². The molecule has 104 valence electrons. The van der Waals surface area contributed by atoms with Crippen LogP contribution in [0.2, 0.25) is 5.02 Å². The maximum Gasteiger partial charge on any atom is 0.147 e. The Morgan fingerprint density at radius 3 is 2.70 bits per heavy atom. The van der Waals surface area contributed by atoms with Crippen molar-refractivity contribution in [2.45, 2.75) is 11.3 Å². The van der Waals surface area contributed by atoms with Crippen molar-refractivity contribution in [2.75, 3.05) is 5.75 Å². The van der Waals surface area contributed by atoms with Gasteiger partial charge >= 0.3 is 0 Å². The molecule has 0 N–H and O–H groups in total. The number of hydrogen-bond acceptors (Lipinski definition) is 2. The van der Waals surface area contributed by atoms with Crippen molar-refractivity contribution in [1.82, 2.24) is 0 Å². The molecule has 0 bridgehead atoms. The topological polar surface area (TPSA) is 17.1 Å². The Labute approximate surface area is 134 Å². The molecule has 0 aromatic heterocycles. The molecule has 0 fully saturated rings. The van der Waals surface area contributed by atoms with E-state index < -0.39 is 0 Å². The maximum absolute atomic E-state index is 13.0. The van der Waals surface area contributed by atoms with Gasteiger partial charge in [0.15, 0.2) is 0 Å². The van der Waals surface area contributed by atoms with Crippen LogP contribution in [0.15, 0.2) is 51.8 Å². The normalized spacial score (nSPS) is 10.6. The van der Waals surface area contributed by atoms with Gasteiger partial charge in [0.2, 0.25) is 0 Å². The second kappa shape index (κ2) is 7.25. The highest BCUT2D eigenvalue weighted by atomic mass is 79.9. The van der Waals surface area contributed by atoms with Crippen LogP contribution < -0.4 is 0 Å². The summed E-state index contributed by atoms with van der Waals surface area (Å²) < 4.78 is 13.6. The van der Waals surface area contributed by atoms with Gasteiger partial charge in [0.25, 0.3) is 0 Å². The minimum atomic E-state index is -0.321. The standard InChI is InChI=1S/C15H11BrClFOS/c16-13-8-11(18)6-5-10(13)7-12(19)9-20-15-4-2-1-3-14(15)17/h1-6,8H,7,9H2. The summed E-state index contributed by atoms with van der Waals surface area (Å²) in [5, 5.41) is 0.647. The number of Topliss-reactive ketones (excluding diaryl/α,β-unsaturated/α-hetero) is 1. The number of halogens is 3. The Morgan fingerprint density at radius 1 is 1.25 bits per heavy atom. The molecular weight excluding hydrogens is 363 g/mol. The predicted molar refractivity (Wildman–Crippen MR) is 85.0 cm³/mol. The van der Waals surface area contributed by atoms with Crippen molar-refractivity contribution in [3.8, 4) is 0 Å². The number of carbonyl (C=O) groups is 1. The third kappa shape index (κ3) is 4.33. The van der Waals surface area contributed by atoms with E-state index in [2.05, 4.69) is 15.9 Å². The Balaban J connectivity index is 1.94. The Kier molecular flexibility index (Phi) is 5.64. The van der Waals surface area contributed by atoms with Crippen molar-refractivity contribution >= 4 is 45.1 Å². The first-order valence-electron chi connectivity index (χ1n) is 5.89. The van der Waals surface area contributed by atoms with Crippen LogP contribution in [-0.2, 0) is 11.2 Å². The molecule has 0 amide bonds. The first-order valence-corrected chi connectivity index (χ1v) is 8.05. The molecule has 5 heteroatoms. The molecule has 0 saturated heterocycles. The third-order valence-electron chi connectivity index (χ3n) is 2.63. The van der Waals surface area contributed by atoms with E-state index in [1.54, 1.807) is 12.1 Å². The molecule has 1 nitrogen and oxygen atoms in total. The number of thioether (sulfide) groups is 1. The van der Waals surface area contributed by atoms with E-state index in [4.69, 9.17) is 11.6 Å². The lowest BCUT2D eigenvalue weighted by Gasteiger charge is -2.05. The number of ketones is 1. The monoisotopic (exact) mass is 372 g/mol. The molecule has 0 spiro atoms.